The molecule has 1 aliphatic heterocycles. The first kappa shape index (κ1) is 18.9. The topological polar surface area (TPSA) is 45.6 Å². The van der Waals surface area contributed by atoms with Crippen LogP contribution in [0.15, 0.2) is 53.0 Å². The molecule has 1 N–H and O–H groups in total. The van der Waals surface area contributed by atoms with Crippen molar-refractivity contribution in [3.8, 4) is 5.75 Å². The third-order valence-electron chi connectivity index (χ3n) is 4.97. The van der Waals surface area contributed by atoms with Gasteiger partial charge in [0.1, 0.15) is 18.5 Å². The smallest absolute Gasteiger partial charge is 0.119 e. The molecule has 0 bridgehead atoms. The number of ether oxygens (including phenoxy) is 1. The number of nitrogens with zero attached hydrogens (tertiary/aromatic N) is 2. The lowest BCUT2D eigenvalue weighted by molar-refractivity contribution is 0.0594. The van der Waals surface area contributed by atoms with Gasteiger partial charge < -0.3 is 14.7 Å². The van der Waals surface area contributed by atoms with Crippen molar-refractivity contribution < 1.29 is 9.84 Å². The number of aliphatic hydroxyl groups is 1. The first-order chi connectivity index (χ1) is 13.2. The van der Waals surface area contributed by atoms with Gasteiger partial charge in [-0.3, -0.25) is 0 Å². The molecule has 0 radical (unpaired) electrons. The number of likely N-dealkylation sites (tertiary alicyclic amines) is 1. The van der Waals surface area contributed by atoms with E-state index in [9.17, 15) is 5.11 Å². The summed E-state index contributed by atoms with van der Waals surface area (Å²) in [6.45, 7) is 2.97. The number of rotatable bonds is 6. The molecule has 2 aromatic carbocycles. The van der Waals surface area contributed by atoms with E-state index in [1.807, 2.05) is 41.7 Å². The predicted octanol–water partition coefficient (Wildman–Crippen LogP) is 4.68. The maximum absolute atomic E-state index is 10.3. The Balaban J connectivity index is 1.24. The van der Waals surface area contributed by atoms with Gasteiger partial charge in [0.05, 0.1) is 15.2 Å². The molecule has 1 unspecified atom stereocenters. The molecule has 0 aliphatic carbocycles. The van der Waals surface area contributed by atoms with Gasteiger partial charge >= 0.3 is 0 Å². The second-order valence-electron chi connectivity index (χ2n) is 7.01. The van der Waals surface area contributed by atoms with E-state index in [-0.39, 0.29) is 0 Å². The van der Waals surface area contributed by atoms with E-state index < -0.39 is 6.10 Å². The summed E-state index contributed by atoms with van der Waals surface area (Å²) in [4.78, 5) is 7.15. The summed E-state index contributed by atoms with van der Waals surface area (Å²) >= 11 is 5.23. The Morgan fingerprint density at radius 3 is 2.63 bits per heavy atom. The van der Waals surface area contributed by atoms with E-state index in [1.54, 1.807) is 0 Å². The monoisotopic (exact) mass is 446 g/mol. The fourth-order valence-corrected chi connectivity index (χ4v) is 4.90. The van der Waals surface area contributed by atoms with Crippen LogP contribution in [0.25, 0.3) is 10.2 Å². The molecule has 6 heteroatoms. The molecule has 0 amide bonds. The third-order valence-corrected chi connectivity index (χ3v) is 6.70. The van der Waals surface area contributed by atoms with Crippen molar-refractivity contribution in [1.82, 2.24) is 9.88 Å². The highest BCUT2D eigenvalue weighted by atomic mass is 79.9. The molecular weight excluding hydrogens is 424 g/mol. The number of para-hydroxylation sites is 1. The fraction of sp³-hybridized carbons (Fsp3) is 0.381. The predicted molar refractivity (Wildman–Crippen MR) is 114 cm³/mol. The second-order valence-corrected chi connectivity index (χ2v) is 8.99. The molecule has 4 rings (SSSR count). The minimum atomic E-state index is -0.479. The summed E-state index contributed by atoms with van der Waals surface area (Å²) in [5, 5.41) is 11.6. The number of benzene rings is 2. The lowest BCUT2D eigenvalue weighted by Gasteiger charge is -2.32. The lowest BCUT2D eigenvalue weighted by Crippen LogP contribution is -2.40. The minimum absolute atomic E-state index is 0.319. The van der Waals surface area contributed by atoms with Gasteiger partial charge in [0, 0.05) is 16.9 Å². The summed E-state index contributed by atoms with van der Waals surface area (Å²) in [5.74, 6) is 1.32. The summed E-state index contributed by atoms with van der Waals surface area (Å²) < 4.78 is 7.98. The molecule has 0 saturated carbocycles. The molecule has 2 heterocycles. The van der Waals surface area contributed by atoms with Crippen molar-refractivity contribution in [2.75, 3.05) is 26.2 Å². The number of hydrogen-bond donors (Lipinski definition) is 1. The average Bonchev–Trinajstić information content (AvgIpc) is 3.12. The average molecular weight is 447 g/mol. The Hall–Kier alpha value is -1.47. The SMILES string of the molecule is OC(COc1ccc(Br)cc1)CN1CCC(c2nc3ccccc3s2)CC1. The molecule has 4 nitrogen and oxygen atoms in total. The highest BCUT2D eigenvalue weighted by molar-refractivity contribution is 9.10. The Morgan fingerprint density at radius 2 is 1.89 bits per heavy atom. The van der Waals surface area contributed by atoms with E-state index >= 15 is 0 Å². The van der Waals surface area contributed by atoms with Crippen LogP contribution in [0.3, 0.4) is 0 Å². The van der Waals surface area contributed by atoms with Gasteiger partial charge in [0.2, 0.25) is 0 Å². The van der Waals surface area contributed by atoms with Crippen molar-refractivity contribution in [2.24, 2.45) is 0 Å². The molecule has 1 atom stereocenters. The van der Waals surface area contributed by atoms with Crippen molar-refractivity contribution >= 4 is 37.5 Å². The maximum Gasteiger partial charge on any atom is 0.119 e. The van der Waals surface area contributed by atoms with E-state index in [1.165, 1.54) is 9.71 Å². The van der Waals surface area contributed by atoms with Crippen molar-refractivity contribution in [3.63, 3.8) is 0 Å². The molecule has 1 fully saturated rings. The Morgan fingerprint density at radius 1 is 1.15 bits per heavy atom. The first-order valence-electron chi connectivity index (χ1n) is 9.31. The van der Waals surface area contributed by atoms with Crippen molar-refractivity contribution in [1.29, 1.82) is 0 Å². The second kappa shape index (κ2) is 8.69. The van der Waals surface area contributed by atoms with Crippen molar-refractivity contribution in [3.05, 3.63) is 58.0 Å². The van der Waals surface area contributed by atoms with Crippen molar-refractivity contribution in [2.45, 2.75) is 24.9 Å². The minimum Gasteiger partial charge on any atom is -0.491 e. The summed E-state index contributed by atoms with van der Waals surface area (Å²) in [6.07, 6.45) is 1.72. The van der Waals surface area contributed by atoms with Crippen LogP contribution in [-0.4, -0.2) is 47.3 Å². The van der Waals surface area contributed by atoms with Crippen LogP contribution >= 0.6 is 27.3 Å². The first-order valence-corrected chi connectivity index (χ1v) is 10.9. The maximum atomic E-state index is 10.3. The van der Waals surface area contributed by atoms with Gasteiger partial charge in [-0.25, -0.2) is 4.98 Å². The summed E-state index contributed by atoms with van der Waals surface area (Å²) in [5.41, 5.74) is 1.11. The summed E-state index contributed by atoms with van der Waals surface area (Å²) in [6, 6.07) is 16.0. The standard InChI is InChI=1S/C21H23BrN2O2S/c22-16-5-7-18(8-6-16)26-14-17(25)13-24-11-9-15(10-12-24)21-23-19-3-1-2-4-20(19)27-21/h1-8,15,17,25H,9-14H2. The third kappa shape index (κ3) is 4.88. The molecule has 27 heavy (non-hydrogen) atoms. The fourth-order valence-electron chi connectivity index (χ4n) is 3.50. The highest BCUT2D eigenvalue weighted by Crippen LogP contribution is 2.33. The van der Waals surface area contributed by atoms with Gasteiger partial charge in [-0.2, -0.15) is 0 Å². The number of fused-ring (bicyclic) bond motifs is 1. The van der Waals surface area contributed by atoms with E-state index in [0.717, 1.165) is 41.7 Å². The van der Waals surface area contributed by atoms with Crippen LogP contribution in [-0.2, 0) is 0 Å². The lowest BCUT2D eigenvalue weighted by atomic mass is 9.97. The number of aromatic nitrogens is 1. The van der Waals surface area contributed by atoms with Crippen LogP contribution in [0.5, 0.6) is 5.75 Å². The number of thiazole rings is 1. The zero-order valence-corrected chi connectivity index (χ0v) is 17.5. The largest absolute Gasteiger partial charge is 0.491 e. The normalized spacial score (nSPS) is 17.3. The highest BCUT2D eigenvalue weighted by Gasteiger charge is 2.24. The molecule has 1 aliphatic rings. The van der Waals surface area contributed by atoms with E-state index in [2.05, 4.69) is 39.0 Å². The number of β-amino-alcohol motifs (C(OH)–C–C–N with tert-alkyl or cyclic N) is 1. The summed E-state index contributed by atoms with van der Waals surface area (Å²) in [7, 11) is 0. The molecule has 1 aromatic heterocycles. The molecule has 3 aromatic rings. The van der Waals surface area contributed by atoms with Gasteiger partial charge in [0.25, 0.3) is 0 Å². The molecular formula is C21H23BrN2O2S. The Bertz CT molecular complexity index is 842. The molecule has 0 spiro atoms. The Kier molecular flexibility index (Phi) is 6.08. The van der Waals surface area contributed by atoms with Crippen LogP contribution in [0.4, 0.5) is 0 Å². The van der Waals surface area contributed by atoms with Crippen LogP contribution in [0.1, 0.15) is 23.8 Å². The molecule has 1 saturated heterocycles. The number of hydrogen-bond acceptors (Lipinski definition) is 5. The molecule has 142 valence electrons. The van der Waals surface area contributed by atoms with Gasteiger partial charge in [-0.1, -0.05) is 28.1 Å². The van der Waals surface area contributed by atoms with Gasteiger partial charge in [0.15, 0.2) is 0 Å². The van der Waals surface area contributed by atoms with Gasteiger partial charge in [-0.05, 0) is 62.3 Å². The number of aliphatic hydroxyl groups excluding tert-OH is 1. The van der Waals surface area contributed by atoms with E-state index in [0.29, 0.717) is 19.1 Å². The zero-order valence-electron chi connectivity index (χ0n) is 15.1. The zero-order chi connectivity index (χ0) is 18.6. The van der Waals surface area contributed by atoms with Crippen LogP contribution in [0.2, 0.25) is 0 Å². The van der Waals surface area contributed by atoms with E-state index in [4.69, 9.17) is 9.72 Å². The number of halogens is 1. The van der Waals surface area contributed by atoms with Crippen LogP contribution in [0, 0.1) is 0 Å². The Labute approximate surface area is 171 Å². The van der Waals surface area contributed by atoms with Crippen LogP contribution < -0.4 is 4.74 Å². The number of piperidine rings is 1. The quantitative estimate of drug-likeness (QED) is 0.596. The van der Waals surface area contributed by atoms with Gasteiger partial charge in [-0.15, -0.1) is 11.3 Å².